The number of anilines is 2. The fourth-order valence-electron chi connectivity index (χ4n) is 1.84. The Hall–Kier alpha value is -2.40. The summed E-state index contributed by atoms with van der Waals surface area (Å²) in [4.78, 5) is 27.3. The van der Waals surface area contributed by atoms with E-state index in [1.165, 1.54) is 0 Å². The summed E-state index contributed by atoms with van der Waals surface area (Å²) < 4.78 is 46.5. The fraction of sp³-hybridized carbons (Fsp3) is 0.286. The molecule has 7 nitrogen and oxygen atoms in total. The Morgan fingerprint density at radius 2 is 2.08 bits per heavy atom. The maximum absolute atomic E-state index is 12.5. The highest BCUT2D eigenvalue weighted by Crippen LogP contribution is 2.32. The van der Waals surface area contributed by atoms with Crippen LogP contribution < -0.4 is 10.6 Å². The van der Waals surface area contributed by atoms with E-state index in [0.717, 1.165) is 11.5 Å². The van der Waals surface area contributed by atoms with E-state index in [0.29, 0.717) is 23.0 Å². The fourth-order valence-corrected chi connectivity index (χ4v) is 2.78. The van der Waals surface area contributed by atoms with Crippen LogP contribution in [0.1, 0.15) is 21.6 Å². The van der Waals surface area contributed by atoms with Crippen LogP contribution in [-0.2, 0) is 15.7 Å². The number of aryl methyl sites for hydroxylation is 1. The zero-order valence-electron chi connectivity index (χ0n) is 13.4. The van der Waals surface area contributed by atoms with E-state index < -0.39 is 35.2 Å². The minimum absolute atomic E-state index is 0.205. The number of aromatic nitrogens is 2. The van der Waals surface area contributed by atoms with Gasteiger partial charge in [0, 0.05) is 13.2 Å². The van der Waals surface area contributed by atoms with Crippen molar-refractivity contribution >= 4 is 45.8 Å². The smallest absolute Gasteiger partial charge is 0.417 e. The highest BCUT2D eigenvalue weighted by atomic mass is 35.5. The number of esters is 1. The Balaban J connectivity index is 1.99. The molecule has 12 heteroatoms. The van der Waals surface area contributed by atoms with Gasteiger partial charge >= 0.3 is 12.1 Å². The van der Waals surface area contributed by atoms with Crippen molar-refractivity contribution in [1.29, 1.82) is 0 Å². The van der Waals surface area contributed by atoms with E-state index in [4.69, 9.17) is 16.3 Å². The van der Waals surface area contributed by atoms with Gasteiger partial charge in [0.2, 0.25) is 0 Å². The standard InChI is InChI=1S/C14H12ClF3N4O3S/c1-6-10(12(19-2)26-22-6)13(24)25-5-9(23)21-11-8(15)3-7(4-20-11)14(16,17)18/h3-4,19H,5H2,1-2H3,(H,20,21,23). The van der Waals surface area contributed by atoms with Gasteiger partial charge in [0.15, 0.2) is 12.4 Å². The second-order valence-corrected chi connectivity index (χ2v) is 6.08. The minimum Gasteiger partial charge on any atom is -0.452 e. The number of pyridine rings is 1. The molecule has 2 heterocycles. The lowest BCUT2D eigenvalue weighted by atomic mass is 10.2. The third kappa shape index (κ3) is 4.61. The summed E-state index contributed by atoms with van der Waals surface area (Å²) in [6.07, 6.45) is -4.07. The molecule has 0 fully saturated rings. The molecule has 26 heavy (non-hydrogen) atoms. The Kier molecular flexibility index (Phi) is 6.03. The molecule has 1 amide bonds. The zero-order valence-corrected chi connectivity index (χ0v) is 15.0. The summed E-state index contributed by atoms with van der Waals surface area (Å²) in [5.74, 6) is -1.84. The molecule has 0 aliphatic heterocycles. The predicted octanol–water partition coefficient (Wildman–Crippen LogP) is 3.36. The summed E-state index contributed by atoms with van der Waals surface area (Å²) in [6.45, 7) is 0.941. The molecule has 0 aromatic carbocycles. The molecule has 0 spiro atoms. The summed E-state index contributed by atoms with van der Waals surface area (Å²) in [5.41, 5.74) is -0.403. The normalized spacial score (nSPS) is 11.2. The van der Waals surface area contributed by atoms with Crippen LogP contribution in [0.15, 0.2) is 12.3 Å². The van der Waals surface area contributed by atoms with Crippen molar-refractivity contribution in [2.45, 2.75) is 13.1 Å². The number of ether oxygens (including phenoxy) is 1. The van der Waals surface area contributed by atoms with E-state index in [-0.39, 0.29) is 11.4 Å². The monoisotopic (exact) mass is 408 g/mol. The number of carbonyl (C=O) groups excluding carboxylic acids is 2. The van der Waals surface area contributed by atoms with Gasteiger partial charge in [0.05, 0.1) is 16.3 Å². The molecular weight excluding hydrogens is 397 g/mol. The molecule has 0 aliphatic rings. The van der Waals surface area contributed by atoms with Gasteiger partial charge in [0.25, 0.3) is 5.91 Å². The molecule has 0 atom stereocenters. The topological polar surface area (TPSA) is 93.2 Å². The molecule has 2 aromatic heterocycles. The lowest BCUT2D eigenvalue weighted by Gasteiger charge is -2.10. The Bertz CT molecular complexity index is 841. The average molecular weight is 409 g/mol. The van der Waals surface area contributed by atoms with Gasteiger partial charge in [-0.15, -0.1) is 0 Å². The molecule has 2 N–H and O–H groups in total. The number of nitrogens with one attached hydrogen (secondary N) is 2. The van der Waals surface area contributed by atoms with Gasteiger partial charge in [-0.3, -0.25) is 4.79 Å². The molecular formula is C14H12ClF3N4O3S. The highest BCUT2D eigenvalue weighted by Gasteiger charge is 2.31. The molecule has 0 saturated carbocycles. The van der Waals surface area contributed by atoms with Gasteiger partial charge in [-0.1, -0.05) is 11.6 Å². The van der Waals surface area contributed by atoms with Crippen molar-refractivity contribution in [2.24, 2.45) is 0 Å². The number of hydrogen-bond acceptors (Lipinski definition) is 7. The molecule has 0 saturated heterocycles. The first-order valence-electron chi connectivity index (χ1n) is 6.97. The first kappa shape index (κ1) is 19.9. The maximum Gasteiger partial charge on any atom is 0.417 e. The SMILES string of the molecule is CNc1snc(C)c1C(=O)OCC(=O)Nc1ncc(C(F)(F)F)cc1Cl. The molecule has 0 unspecified atom stereocenters. The van der Waals surface area contributed by atoms with Crippen molar-refractivity contribution in [3.63, 3.8) is 0 Å². The maximum atomic E-state index is 12.5. The van der Waals surface area contributed by atoms with Crippen LogP contribution in [0.4, 0.5) is 24.0 Å². The van der Waals surface area contributed by atoms with Crippen LogP contribution in [0.5, 0.6) is 0 Å². The van der Waals surface area contributed by atoms with Crippen LogP contribution >= 0.6 is 23.1 Å². The van der Waals surface area contributed by atoms with Crippen LogP contribution in [0.25, 0.3) is 0 Å². The number of alkyl halides is 3. The number of hydrogen-bond donors (Lipinski definition) is 2. The van der Waals surface area contributed by atoms with Crippen molar-refractivity contribution in [3.05, 3.63) is 34.1 Å². The summed E-state index contributed by atoms with van der Waals surface area (Å²) in [5, 5.41) is 5.06. The first-order chi connectivity index (χ1) is 12.1. The molecule has 0 aliphatic carbocycles. The van der Waals surface area contributed by atoms with Crippen molar-refractivity contribution < 1.29 is 27.5 Å². The van der Waals surface area contributed by atoms with E-state index in [1.54, 1.807) is 14.0 Å². The van der Waals surface area contributed by atoms with E-state index >= 15 is 0 Å². The van der Waals surface area contributed by atoms with E-state index in [2.05, 4.69) is 20.0 Å². The van der Waals surface area contributed by atoms with Crippen LogP contribution in [0.3, 0.4) is 0 Å². The van der Waals surface area contributed by atoms with Gasteiger partial charge in [0.1, 0.15) is 10.6 Å². The third-order valence-electron chi connectivity index (χ3n) is 3.05. The second kappa shape index (κ2) is 7.87. The first-order valence-corrected chi connectivity index (χ1v) is 8.12. The van der Waals surface area contributed by atoms with E-state index in [9.17, 15) is 22.8 Å². The Labute approximate surface area is 154 Å². The number of carbonyl (C=O) groups is 2. The molecule has 0 radical (unpaired) electrons. The predicted molar refractivity (Wildman–Crippen MR) is 89.6 cm³/mol. The summed E-state index contributed by atoms with van der Waals surface area (Å²) in [7, 11) is 1.61. The quantitative estimate of drug-likeness (QED) is 0.737. The van der Waals surface area contributed by atoms with E-state index in [1.807, 2.05) is 0 Å². The third-order valence-corrected chi connectivity index (χ3v) is 4.30. The molecule has 140 valence electrons. The van der Waals surface area contributed by atoms with Crippen LogP contribution in [0.2, 0.25) is 5.02 Å². The van der Waals surface area contributed by atoms with Crippen LogP contribution in [-0.4, -0.2) is 34.9 Å². The van der Waals surface area contributed by atoms with Gasteiger partial charge in [-0.05, 0) is 24.5 Å². The molecule has 0 bridgehead atoms. The number of rotatable bonds is 5. The lowest BCUT2D eigenvalue weighted by molar-refractivity contribution is -0.137. The summed E-state index contributed by atoms with van der Waals surface area (Å²) >= 11 is 6.75. The van der Waals surface area contributed by atoms with Crippen molar-refractivity contribution in [2.75, 3.05) is 24.3 Å². The van der Waals surface area contributed by atoms with Gasteiger partial charge in [-0.25, -0.2) is 9.78 Å². The average Bonchev–Trinajstić information content (AvgIpc) is 2.94. The second-order valence-electron chi connectivity index (χ2n) is 4.90. The van der Waals surface area contributed by atoms with Gasteiger partial charge < -0.3 is 15.4 Å². The highest BCUT2D eigenvalue weighted by molar-refractivity contribution is 7.10. The number of halogens is 4. The van der Waals surface area contributed by atoms with Crippen molar-refractivity contribution in [1.82, 2.24) is 9.36 Å². The minimum atomic E-state index is -4.60. The largest absolute Gasteiger partial charge is 0.452 e. The lowest BCUT2D eigenvalue weighted by Crippen LogP contribution is -2.22. The van der Waals surface area contributed by atoms with Crippen molar-refractivity contribution in [3.8, 4) is 0 Å². The zero-order chi connectivity index (χ0) is 19.5. The summed E-state index contributed by atoms with van der Waals surface area (Å²) in [6, 6.07) is 0.635. The molecule has 2 aromatic rings. The molecule has 2 rings (SSSR count). The number of nitrogens with zero attached hydrogens (tertiary/aromatic N) is 2. The number of amides is 1. The van der Waals surface area contributed by atoms with Gasteiger partial charge in [-0.2, -0.15) is 17.5 Å². The Morgan fingerprint density at radius 3 is 2.65 bits per heavy atom. The Morgan fingerprint density at radius 1 is 1.38 bits per heavy atom. The van der Waals surface area contributed by atoms with Crippen LogP contribution in [0, 0.1) is 6.92 Å².